The van der Waals surface area contributed by atoms with Gasteiger partial charge in [-0.1, -0.05) is 77.6 Å². The quantitative estimate of drug-likeness (QED) is 0.582. The smallest absolute Gasteiger partial charge is 0.193 e. The summed E-state index contributed by atoms with van der Waals surface area (Å²) in [4.78, 5) is 0. The summed E-state index contributed by atoms with van der Waals surface area (Å²) in [5.74, 6) is 0. The zero-order chi connectivity index (χ0) is 13.3. The normalized spacial score (nSPS) is 12.1. The Labute approximate surface area is 117 Å². The summed E-state index contributed by atoms with van der Waals surface area (Å²) in [7, 11) is 0. The molecule has 1 heterocycles. The van der Waals surface area contributed by atoms with E-state index in [1.807, 2.05) is 60.9 Å². The maximum atomic E-state index is 5.07. The number of allylic oxidation sites excluding steroid dienone is 4. The van der Waals surface area contributed by atoms with Gasteiger partial charge in [-0.05, 0) is 17.9 Å². The van der Waals surface area contributed by atoms with Crippen molar-refractivity contribution in [1.82, 2.24) is 5.16 Å². The second-order valence-electron chi connectivity index (χ2n) is 3.79. The van der Waals surface area contributed by atoms with Crippen molar-refractivity contribution in [3.8, 4) is 0 Å². The predicted molar refractivity (Wildman–Crippen MR) is 81.9 cm³/mol. The van der Waals surface area contributed by atoms with Crippen molar-refractivity contribution in [2.24, 2.45) is 0 Å². The predicted octanol–water partition coefficient (Wildman–Crippen LogP) is 4.68. The second-order valence-corrected chi connectivity index (χ2v) is 4.60. The monoisotopic (exact) mass is 269 g/mol. The summed E-state index contributed by atoms with van der Waals surface area (Å²) in [5, 5.41) is 4.74. The molecule has 0 saturated carbocycles. The molecule has 0 amide bonds. The van der Waals surface area contributed by atoms with Crippen LogP contribution < -0.4 is 0 Å². The van der Waals surface area contributed by atoms with Crippen LogP contribution in [0.4, 0.5) is 0 Å². The number of thioether (sulfide) groups is 1. The number of rotatable bonds is 5. The van der Waals surface area contributed by atoms with Crippen molar-refractivity contribution in [2.45, 2.75) is 5.09 Å². The van der Waals surface area contributed by atoms with Gasteiger partial charge in [-0.25, -0.2) is 0 Å². The molecule has 0 aliphatic rings. The Hall–Kier alpha value is -2.00. The van der Waals surface area contributed by atoms with E-state index in [0.29, 0.717) is 0 Å². The fourth-order valence-electron chi connectivity index (χ4n) is 1.46. The molecule has 2 aromatic rings. The molecular weight excluding hydrogens is 254 g/mol. The van der Waals surface area contributed by atoms with E-state index in [1.54, 1.807) is 11.8 Å². The summed E-state index contributed by atoms with van der Waals surface area (Å²) in [5.41, 5.74) is 2.03. The van der Waals surface area contributed by atoms with Crippen molar-refractivity contribution in [3.05, 3.63) is 72.0 Å². The number of hydrogen-bond donors (Lipinski definition) is 0. The minimum absolute atomic E-state index is 0.826. The molecule has 0 radical (unpaired) electrons. The Morgan fingerprint density at radius 1 is 1.00 bits per heavy atom. The van der Waals surface area contributed by atoms with Gasteiger partial charge < -0.3 is 4.52 Å². The lowest BCUT2D eigenvalue weighted by Gasteiger charge is -1.87. The van der Waals surface area contributed by atoms with E-state index < -0.39 is 0 Å². The summed E-state index contributed by atoms with van der Waals surface area (Å²) < 4.78 is 5.07. The highest BCUT2D eigenvalue weighted by Crippen LogP contribution is 2.15. The molecule has 2 rings (SSSR count). The molecule has 0 aliphatic heterocycles. The van der Waals surface area contributed by atoms with Gasteiger partial charge in [-0.3, -0.25) is 0 Å². The van der Waals surface area contributed by atoms with Crippen LogP contribution in [0.3, 0.4) is 0 Å². The van der Waals surface area contributed by atoms with Crippen LogP contribution in [0, 0.1) is 0 Å². The minimum atomic E-state index is 0.826. The number of hydrogen-bond acceptors (Lipinski definition) is 3. The molecule has 0 unspecified atom stereocenters. The molecule has 3 heteroatoms. The van der Waals surface area contributed by atoms with E-state index in [2.05, 4.69) is 23.4 Å². The summed E-state index contributed by atoms with van der Waals surface area (Å²) in [6, 6.07) is 12.1. The Kier molecular flexibility index (Phi) is 5.26. The Bertz CT molecular complexity index is 582. The summed E-state index contributed by atoms with van der Waals surface area (Å²) >= 11 is 1.54. The molecule has 0 aliphatic carbocycles. The van der Waals surface area contributed by atoms with Gasteiger partial charge in [0.05, 0.1) is 0 Å². The Morgan fingerprint density at radius 3 is 2.42 bits per heavy atom. The van der Waals surface area contributed by atoms with Crippen molar-refractivity contribution in [1.29, 1.82) is 0 Å². The van der Waals surface area contributed by atoms with E-state index in [1.165, 1.54) is 5.56 Å². The zero-order valence-corrected chi connectivity index (χ0v) is 11.5. The highest BCUT2D eigenvalue weighted by molar-refractivity contribution is 7.98. The van der Waals surface area contributed by atoms with E-state index in [9.17, 15) is 0 Å². The lowest BCUT2D eigenvalue weighted by Crippen LogP contribution is -1.67. The molecule has 0 bridgehead atoms. The SMILES string of the molecule is CSc1cc(/C=C/C=C/C=C/c2ccccc2)no1. The molecular formula is C16H15NOS. The molecule has 0 saturated heterocycles. The Balaban J connectivity index is 1.85. The van der Waals surface area contributed by atoms with Crippen LogP contribution in [0.1, 0.15) is 11.3 Å². The van der Waals surface area contributed by atoms with Crippen LogP contribution in [0.5, 0.6) is 0 Å². The van der Waals surface area contributed by atoms with Gasteiger partial charge in [-0.15, -0.1) is 0 Å². The van der Waals surface area contributed by atoms with Crippen molar-refractivity contribution in [3.63, 3.8) is 0 Å². The number of benzene rings is 1. The molecule has 1 aromatic heterocycles. The third-order valence-electron chi connectivity index (χ3n) is 2.40. The highest BCUT2D eigenvalue weighted by atomic mass is 32.2. The van der Waals surface area contributed by atoms with Gasteiger partial charge in [0.15, 0.2) is 5.09 Å². The molecule has 0 atom stereocenters. The van der Waals surface area contributed by atoms with E-state index in [4.69, 9.17) is 4.52 Å². The lowest BCUT2D eigenvalue weighted by atomic mass is 10.2. The first kappa shape index (κ1) is 13.4. The maximum Gasteiger partial charge on any atom is 0.193 e. The van der Waals surface area contributed by atoms with E-state index in [-0.39, 0.29) is 0 Å². The van der Waals surface area contributed by atoms with Crippen LogP contribution in [0.2, 0.25) is 0 Å². The molecule has 19 heavy (non-hydrogen) atoms. The second kappa shape index (κ2) is 7.44. The van der Waals surface area contributed by atoms with Gasteiger partial charge in [0.1, 0.15) is 5.69 Å². The fourth-order valence-corrected chi connectivity index (χ4v) is 1.81. The number of nitrogens with zero attached hydrogens (tertiary/aromatic N) is 1. The van der Waals surface area contributed by atoms with Crippen molar-refractivity contribution >= 4 is 23.9 Å². The van der Waals surface area contributed by atoms with E-state index >= 15 is 0 Å². The standard InChI is InChI=1S/C16H15NOS/c1-19-16-13-15(17-18-16)12-8-3-2-5-9-14-10-6-4-7-11-14/h2-13H,1H3/b3-2+,9-5+,12-8+. The Morgan fingerprint density at radius 2 is 1.74 bits per heavy atom. The third kappa shape index (κ3) is 4.64. The van der Waals surface area contributed by atoms with Gasteiger partial charge in [0.25, 0.3) is 0 Å². The first-order valence-electron chi connectivity index (χ1n) is 5.95. The fraction of sp³-hybridized carbons (Fsp3) is 0.0625. The molecule has 0 N–H and O–H groups in total. The van der Waals surface area contributed by atoms with Crippen molar-refractivity contribution < 1.29 is 4.52 Å². The number of aromatic nitrogens is 1. The van der Waals surface area contributed by atoms with Gasteiger partial charge in [0, 0.05) is 6.07 Å². The van der Waals surface area contributed by atoms with E-state index in [0.717, 1.165) is 10.8 Å². The van der Waals surface area contributed by atoms with Crippen LogP contribution in [0.15, 0.2) is 70.3 Å². The van der Waals surface area contributed by atoms with Gasteiger partial charge >= 0.3 is 0 Å². The molecule has 0 spiro atoms. The van der Waals surface area contributed by atoms with Crippen LogP contribution in [-0.4, -0.2) is 11.4 Å². The topological polar surface area (TPSA) is 26.0 Å². The summed E-state index contributed by atoms with van der Waals surface area (Å²) in [6.07, 6.45) is 13.8. The third-order valence-corrected chi connectivity index (χ3v) is 2.99. The van der Waals surface area contributed by atoms with Gasteiger partial charge in [0.2, 0.25) is 0 Å². The first-order valence-corrected chi connectivity index (χ1v) is 7.18. The minimum Gasteiger partial charge on any atom is -0.349 e. The van der Waals surface area contributed by atoms with Crippen LogP contribution in [-0.2, 0) is 0 Å². The lowest BCUT2D eigenvalue weighted by molar-refractivity contribution is 0.349. The largest absolute Gasteiger partial charge is 0.349 e. The maximum absolute atomic E-state index is 5.07. The molecule has 2 nitrogen and oxygen atoms in total. The average Bonchev–Trinajstić information content (AvgIpc) is 2.92. The van der Waals surface area contributed by atoms with Crippen LogP contribution >= 0.6 is 11.8 Å². The van der Waals surface area contributed by atoms with Crippen LogP contribution in [0.25, 0.3) is 12.2 Å². The average molecular weight is 269 g/mol. The summed E-state index contributed by atoms with van der Waals surface area (Å²) in [6.45, 7) is 0. The molecule has 0 fully saturated rings. The highest BCUT2D eigenvalue weighted by Gasteiger charge is 1.97. The zero-order valence-electron chi connectivity index (χ0n) is 10.7. The molecule has 96 valence electrons. The molecule has 1 aromatic carbocycles. The van der Waals surface area contributed by atoms with Crippen molar-refractivity contribution in [2.75, 3.05) is 6.26 Å². The first-order chi connectivity index (χ1) is 9.38. The van der Waals surface area contributed by atoms with Gasteiger partial charge in [-0.2, -0.15) is 0 Å².